The third kappa shape index (κ3) is 5.93. The maximum Gasteiger partial charge on any atom is 0.223 e. The highest BCUT2D eigenvalue weighted by Crippen LogP contribution is 2.25. The molecule has 6 nitrogen and oxygen atoms in total. The number of nitrogens with zero attached hydrogens (tertiary/aromatic N) is 1. The van der Waals surface area contributed by atoms with Crippen LogP contribution in [0.2, 0.25) is 5.02 Å². The highest BCUT2D eigenvalue weighted by Gasteiger charge is 2.40. The van der Waals surface area contributed by atoms with Crippen molar-refractivity contribution in [1.82, 2.24) is 4.90 Å². The summed E-state index contributed by atoms with van der Waals surface area (Å²) < 4.78 is 24.7. The Kier molecular flexibility index (Phi) is 7.29. The molecule has 1 heterocycles. The zero-order chi connectivity index (χ0) is 21.6. The van der Waals surface area contributed by atoms with Crippen LogP contribution >= 0.6 is 11.6 Å². The van der Waals surface area contributed by atoms with Crippen LogP contribution in [0.25, 0.3) is 0 Å². The largest absolute Gasteiger partial charge is 0.490 e. The van der Waals surface area contributed by atoms with Gasteiger partial charge in [-0.1, -0.05) is 29.8 Å². The van der Waals surface area contributed by atoms with E-state index >= 15 is 0 Å². The van der Waals surface area contributed by atoms with E-state index in [2.05, 4.69) is 0 Å². The minimum atomic E-state index is -1.06. The zero-order valence-corrected chi connectivity index (χ0v) is 17.2. The van der Waals surface area contributed by atoms with Crippen LogP contribution in [0.5, 0.6) is 5.75 Å². The van der Waals surface area contributed by atoms with Crippen molar-refractivity contribution in [2.24, 2.45) is 5.73 Å². The van der Waals surface area contributed by atoms with E-state index in [9.17, 15) is 14.0 Å². The quantitative estimate of drug-likeness (QED) is 0.692. The standard InChI is InChI=1S/C22H24ClFN2O4/c23-19-4-2-1-3-16(19)5-10-21(28)26-11-12-30-22(14-26,13-20(25)27)15-29-18-8-6-17(24)7-9-18/h1-4,6-9H,5,10-15H2,(H2,25,27)/t22-/m1/s1. The lowest BCUT2D eigenvalue weighted by molar-refractivity contribution is -0.161. The van der Waals surface area contributed by atoms with Gasteiger partial charge >= 0.3 is 0 Å². The van der Waals surface area contributed by atoms with Gasteiger partial charge in [-0.3, -0.25) is 9.59 Å². The summed E-state index contributed by atoms with van der Waals surface area (Å²) in [6.45, 7) is 0.866. The maximum absolute atomic E-state index is 13.1. The molecule has 3 rings (SSSR count). The fraction of sp³-hybridized carbons (Fsp3) is 0.364. The summed E-state index contributed by atoms with van der Waals surface area (Å²) in [6.07, 6.45) is 0.711. The number of carbonyl (C=O) groups excluding carboxylic acids is 2. The van der Waals surface area contributed by atoms with Crippen LogP contribution in [0.4, 0.5) is 4.39 Å². The van der Waals surface area contributed by atoms with E-state index in [4.69, 9.17) is 26.8 Å². The lowest BCUT2D eigenvalue weighted by Gasteiger charge is -2.42. The SMILES string of the molecule is NC(=O)C[C@]1(COc2ccc(F)cc2)CN(C(=O)CCc2ccccc2Cl)CCO1. The third-order valence-corrected chi connectivity index (χ3v) is 5.35. The molecule has 30 heavy (non-hydrogen) atoms. The summed E-state index contributed by atoms with van der Waals surface area (Å²) in [5.41, 5.74) is 5.28. The molecule has 1 aliphatic heterocycles. The zero-order valence-electron chi connectivity index (χ0n) is 16.5. The number of morpholine rings is 1. The van der Waals surface area contributed by atoms with Crippen LogP contribution < -0.4 is 10.5 Å². The topological polar surface area (TPSA) is 81.9 Å². The second-order valence-electron chi connectivity index (χ2n) is 7.32. The summed E-state index contributed by atoms with van der Waals surface area (Å²) in [5, 5.41) is 0.628. The fourth-order valence-electron chi connectivity index (χ4n) is 3.47. The van der Waals surface area contributed by atoms with E-state index in [0.29, 0.717) is 23.7 Å². The second kappa shape index (κ2) is 9.91. The number of carbonyl (C=O) groups is 2. The minimum Gasteiger partial charge on any atom is -0.490 e. The first kappa shape index (κ1) is 22.1. The first-order valence-electron chi connectivity index (χ1n) is 9.69. The highest BCUT2D eigenvalue weighted by atomic mass is 35.5. The van der Waals surface area contributed by atoms with Crippen molar-refractivity contribution >= 4 is 23.4 Å². The Bertz CT molecular complexity index is 893. The van der Waals surface area contributed by atoms with Crippen LogP contribution in [-0.4, -0.2) is 48.6 Å². The van der Waals surface area contributed by atoms with Gasteiger partial charge in [-0.05, 0) is 42.3 Å². The molecule has 8 heteroatoms. The van der Waals surface area contributed by atoms with Crippen LogP contribution in [0.15, 0.2) is 48.5 Å². The number of aryl methyl sites for hydroxylation is 1. The number of halogens is 2. The van der Waals surface area contributed by atoms with E-state index in [-0.39, 0.29) is 44.3 Å². The molecule has 2 aromatic rings. The monoisotopic (exact) mass is 434 g/mol. The number of hydrogen-bond donors (Lipinski definition) is 1. The van der Waals surface area contributed by atoms with Gasteiger partial charge in [0.15, 0.2) is 0 Å². The molecule has 1 atom stereocenters. The van der Waals surface area contributed by atoms with Gasteiger partial charge in [0.2, 0.25) is 11.8 Å². The molecule has 0 unspecified atom stereocenters. The van der Waals surface area contributed by atoms with Crippen molar-refractivity contribution in [2.45, 2.75) is 24.9 Å². The summed E-state index contributed by atoms with van der Waals surface area (Å²) in [6, 6.07) is 12.9. The molecule has 1 saturated heterocycles. The summed E-state index contributed by atoms with van der Waals surface area (Å²) >= 11 is 6.17. The molecule has 0 spiro atoms. The van der Waals surface area contributed by atoms with Gasteiger partial charge in [-0.15, -0.1) is 0 Å². The van der Waals surface area contributed by atoms with Crippen LogP contribution in [0.3, 0.4) is 0 Å². The van der Waals surface area contributed by atoms with E-state index in [1.54, 1.807) is 11.0 Å². The molecule has 2 N–H and O–H groups in total. The lowest BCUT2D eigenvalue weighted by atomic mass is 9.97. The molecule has 0 bridgehead atoms. The molecule has 2 amide bonds. The average molecular weight is 435 g/mol. The molecule has 0 saturated carbocycles. The van der Waals surface area contributed by atoms with Crippen LogP contribution in [0, 0.1) is 5.82 Å². The van der Waals surface area contributed by atoms with E-state index in [0.717, 1.165) is 5.56 Å². The molecule has 0 radical (unpaired) electrons. The normalized spacial score (nSPS) is 18.8. The number of benzene rings is 2. The Morgan fingerprint density at radius 2 is 1.93 bits per heavy atom. The lowest BCUT2D eigenvalue weighted by Crippen LogP contribution is -2.58. The number of amides is 2. The van der Waals surface area contributed by atoms with Crippen LogP contribution in [0.1, 0.15) is 18.4 Å². The van der Waals surface area contributed by atoms with Crippen molar-refractivity contribution in [2.75, 3.05) is 26.3 Å². The summed E-state index contributed by atoms with van der Waals surface area (Å²) in [5.74, 6) is -0.554. The predicted octanol–water partition coefficient (Wildman–Crippen LogP) is 2.96. The molecule has 160 valence electrons. The Balaban J connectivity index is 1.65. The predicted molar refractivity (Wildman–Crippen MR) is 111 cm³/mol. The van der Waals surface area contributed by atoms with E-state index in [1.807, 2.05) is 18.2 Å². The van der Waals surface area contributed by atoms with Crippen molar-refractivity contribution in [3.63, 3.8) is 0 Å². The Labute approximate surface area is 179 Å². The second-order valence-corrected chi connectivity index (χ2v) is 7.73. The molecule has 0 aliphatic carbocycles. The van der Waals surface area contributed by atoms with Gasteiger partial charge in [0.05, 0.1) is 19.6 Å². The maximum atomic E-state index is 13.1. The van der Waals surface area contributed by atoms with Crippen molar-refractivity contribution in [3.05, 3.63) is 64.9 Å². The Morgan fingerprint density at radius 1 is 1.20 bits per heavy atom. The molecular formula is C22H24ClFN2O4. The molecule has 0 aromatic heterocycles. The number of primary amides is 1. The first-order chi connectivity index (χ1) is 14.4. The smallest absolute Gasteiger partial charge is 0.223 e. The summed E-state index contributed by atoms with van der Waals surface area (Å²) in [7, 11) is 0. The number of hydrogen-bond acceptors (Lipinski definition) is 4. The number of nitrogens with two attached hydrogens (primary N) is 1. The average Bonchev–Trinajstić information content (AvgIpc) is 2.72. The van der Waals surface area contributed by atoms with Crippen molar-refractivity contribution in [1.29, 1.82) is 0 Å². The number of rotatable bonds is 8. The molecule has 1 fully saturated rings. The van der Waals surface area contributed by atoms with Gasteiger partial charge in [0.25, 0.3) is 0 Å². The summed E-state index contributed by atoms with van der Waals surface area (Å²) in [4.78, 5) is 26.1. The van der Waals surface area contributed by atoms with Gasteiger partial charge in [-0.25, -0.2) is 4.39 Å². The van der Waals surface area contributed by atoms with Crippen molar-refractivity contribution in [3.8, 4) is 5.75 Å². The molecular weight excluding hydrogens is 411 g/mol. The number of ether oxygens (including phenoxy) is 2. The van der Waals surface area contributed by atoms with E-state index in [1.165, 1.54) is 24.3 Å². The molecule has 2 aromatic carbocycles. The minimum absolute atomic E-state index is 0.00979. The van der Waals surface area contributed by atoms with Gasteiger partial charge in [0, 0.05) is 18.0 Å². The van der Waals surface area contributed by atoms with Gasteiger partial charge in [-0.2, -0.15) is 0 Å². The Morgan fingerprint density at radius 3 is 2.63 bits per heavy atom. The van der Waals surface area contributed by atoms with Gasteiger partial charge in [0.1, 0.15) is 23.8 Å². The van der Waals surface area contributed by atoms with Crippen LogP contribution in [-0.2, 0) is 20.7 Å². The van der Waals surface area contributed by atoms with Crippen molar-refractivity contribution < 1.29 is 23.5 Å². The highest BCUT2D eigenvalue weighted by molar-refractivity contribution is 6.31. The molecule has 1 aliphatic rings. The van der Waals surface area contributed by atoms with E-state index < -0.39 is 11.5 Å². The van der Waals surface area contributed by atoms with Gasteiger partial charge < -0.3 is 20.1 Å². The fourth-order valence-corrected chi connectivity index (χ4v) is 3.70. The Hall–Kier alpha value is -2.64. The first-order valence-corrected chi connectivity index (χ1v) is 10.1. The third-order valence-electron chi connectivity index (χ3n) is 4.98.